The molecular weight excluding hydrogens is 735 g/mol. The lowest BCUT2D eigenvalue weighted by Gasteiger charge is -2.24. The molecule has 0 aromatic heterocycles. The molecule has 0 spiro atoms. The van der Waals surface area contributed by atoms with Crippen molar-refractivity contribution in [1.82, 2.24) is 5.32 Å². The molecule has 6 N–H and O–H groups in total. The number of carbonyl (C=O) groups excluding carboxylic acids is 1. The predicted molar refractivity (Wildman–Crippen MR) is 241 cm³/mol. The molecule has 1 amide bonds. The summed E-state index contributed by atoms with van der Waals surface area (Å²) in [5.74, 6) is -0.453. The molecule has 0 aliphatic carbocycles. The first-order chi connectivity index (χ1) is 27.8. The third kappa shape index (κ3) is 41.5. The van der Waals surface area contributed by atoms with Crippen LogP contribution < -0.4 is 11.1 Å². The number of hydrogen-bond donors (Lipinski definition) is 5. The number of carbonyl (C=O) groups is 1. The maximum atomic E-state index is 12.8. The second-order valence-electron chi connectivity index (χ2n) is 16.5. The number of phosphoric ester groups is 1. The number of nitrogens with two attached hydrogens (primary N) is 1. The Labute approximate surface area is 351 Å². The summed E-state index contributed by atoms with van der Waals surface area (Å²) in [6, 6.07) is -0.985. The summed E-state index contributed by atoms with van der Waals surface area (Å²) in [7, 11) is -4.40. The SMILES string of the molecule is CCCCCCCCC/C=C\CCCCCC(O)CC(=O)NC(COP(=O)(O)OCCN)C(O)/C=C/CCCCCCCCCCCCCCCCCCCCC. The minimum atomic E-state index is -4.40. The zero-order valence-corrected chi connectivity index (χ0v) is 38.1. The Morgan fingerprint density at radius 1 is 0.596 bits per heavy atom. The van der Waals surface area contributed by atoms with E-state index in [1.165, 1.54) is 154 Å². The fraction of sp³-hybridized carbons (Fsp3) is 0.894. The molecule has 0 aliphatic rings. The number of allylic oxidation sites excluding steroid dienone is 3. The number of aliphatic hydroxyl groups is 2. The third-order valence-corrected chi connectivity index (χ3v) is 11.8. The zero-order chi connectivity index (χ0) is 41.9. The van der Waals surface area contributed by atoms with Crippen LogP contribution in [0.4, 0.5) is 0 Å². The minimum Gasteiger partial charge on any atom is -0.393 e. The predicted octanol–water partition coefficient (Wildman–Crippen LogP) is 12.7. The van der Waals surface area contributed by atoms with Crippen molar-refractivity contribution in [2.75, 3.05) is 19.8 Å². The van der Waals surface area contributed by atoms with E-state index in [0.717, 1.165) is 51.4 Å². The van der Waals surface area contributed by atoms with Gasteiger partial charge >= 0.3 is 7.82 Å². The van der Waals surface area contributed by atoms with E-state index in [9.17, 15) is 24.5 Å². The third-order valence-electron chi connectivity index (χ3n) is 10.8. The van der Waals surface area contributed by atoms with Gasteiger partial charge in [-0.15, -0.1) is 0 Å². The standard InChI is InChI=1S/C47H93N2O7P/c1-3-5-7-9-11-13-15-17-19-20-21-22-23-24-25-27-29-31-33-35-37-39-46(51)45(43-56-57(53,54)55-41-40-48)49-47(52)42-44(50)38-36-34-32-30-28-26-18-16-14-12-10-8-6-4-2/h26,28,37,39,44-46,50-51H,3-25,27,29-36,38,40-43,48H2,1-2H3,(H,49,52)(H,53,54)/b28-26-,39-37+. The lowest BCUT2D eigenvalue weighted by Crippen LogP contribution is -2.46. The number of unbranched alkanes of at least 4 members (excludes halogenated alkanes) is 29. The molecule has 0 aromatic rings. The van der Waals surface area contributed by atoms with Gasteiger partial charge in [-0.3, -0.25) is 13.8 Å². The van der Waals surface area contributed by atoms with Gasteiger partial charge in [-0.1, -0.05) is 205 Å². The van der Waals surface area contributed by atoms with Crippen molar-refractivity contribution < 1.29 is 33.5 Å². The number of hydrogen-bond acceptors (Lipinski definition) is 7. The Morgan fingerprint density at radius 2 is 0.982 bits per heavy atom. The summed E-state index contributed by atoms with van der Waals surface area (Å²) in [4.78, 5) is 22.8. The largest absolute Gasteiger partial charge is 0.472 e. The average Bonchev–Trinajstić information content (AvgIpc) is 3.19. The number of aliphatic hydroxyl groups excluding tert-OH is 2. The van der Waals surface area contributed by atoms with E-state index < -0.39 is 38.6 Å². The molecule has 0 bridgehead atoms. The zero-order valence-electron chi connectivity index (χ0n) is 37.2. The Hall–Kier alpha value is -1.06. The second-order valence-corrected chi connectivity index (χ2v) is 18.0. The molecule has 9 nitrogen and oxygen atoms in total. The molecule has 0 heterocycles. The number of rotatable bonds is 45. The van der Waals surface area contributed by atoms with Gasteiger partial charge in [0.1, 0.15) is 0 Å². The summed E-state index contributed by atoms with van der Waals surface area (Å²) >= 11 is 0. The van der Waals surface area contributed by atoms with Crippen LogP contribution in [0.25, 0.3) is 0 Å². The highest BCUT2D eigenvalue weighted by molar-refractivity contribution is 7.47. The molecule has 4 atom stereocenters. The number of phosphoric acid groups is 1. The molecule has 0 saturated carbocycles. The quantitative estimate of drug-likeness (QED) is 0.0231. The summed E-state index contributed by atoms with van der Waals surface area (Å²) in [6.07, 6.45) is 47.0. The van der Waals surface area contributed by atoms with Crippen LogP contribution in [0.1, 0.15) is 232 Å². The normalized spacial score (nSPS) is 14.7. The lowest BCUT2D eigenvalue weighted by atomic mass is 10.0. The average molecular weight is 829 g/mol. The summed E-state index contributed by atoms with van der Waals surface area (Å²) in [5, 5.41) is 24.1. The molecule has 10 heteroatoms. The lowest BCUT2D eigenvalue weighted by molar-refractivity contribution is -0.124. The van der Waals surface area contributed by atoms with Gasteiger partial charge in [0.15, 0.2) is 0 Å². The highest BCUT2D eigenvalue weighted by atomic mass is 31.2. The van der Waals surface area contributed by atoms with Crippen LogP contribution >= 0.6 is 7.82 Å². The Bertz CT molecular complexity index is 966. The molecule has 0 aromatic carbocycles. The van der Waals surface area contributed by atoms with Gasteiger partial charge in [-0.25, -0.2) is 4.57 Å². The molecule has 0 radical (unpaired) electrons. The molecule has 4 unspecified atom stereocenters. The molecule has 0 saturated heterocycles. The molecule has 0 fully saturated rings. The van der Waals surface area contributed by atoms with E-state index in [2.05, 4.69) is 31.3 Å². The van der Waals surface area contributed by atoms with Gasteiger partial charge in [0.25, 0.3) is 0 Å². The Kier molecular flexibility index (Phi) is 42.2. The van der Waals surface area contributed by atoms with Gasteiger partial charge in [0.05, 0.1) is 37.9 Å². The van der Waals surface area contributed by atoms with Crippen LogP contribution in [-0.4, -0.2) is 59.0 Å². The van der Waals surface area contributed by atoms with Gasteiger partial charge in [-0.2, -0.15) is 0 Å². The van der Waals surface area contributed by atoms with Crippen LogP contribution in [0, 0.1) is 0 Å². The fourth-order valence-corrected chi connectivity index (χ4v) is 7.93. The first kappa shape index (κ1) is 55.9. The molecular formula is C47H93N2O7P. The molecule has 0 rings (SSSR count). The van der Waals surface area contributed by atoms with E-state index in [-0.39, 0.29) is 19.6 Å². The highest BCUT2D eigenvalue weighted by Gasteiger charge is 2.27. The first-order valence-electron chi connectivity index (χ1n) is 24.0. The molecule has 0 aliphatic heterocycles. The van der Waals surface area contributed by atoms with Crippen molar-refractivity contribution in [2.24, 2.45) is 5.73 Å². The van der Waals surface area contributed by atoms with Crippen molar-refractivity contribution in [3.8, 4) is 0 Å². The van der Waals surface area contributed by atoms with E-state index in [1.807, 2.05) is 6.08 Å². The summed E-state index contributed by atoms with van der Waals surface area (Å²) in [5.41, 5.74) is 5.37. The number of nitrogens with one attached hydrogen (secondary N) is 1. The van der Waals surface area contributed by atoms with Crippen molar-refractivity contribution in [1.29, 1.82) is 0 Å². The van der Waals surface area contributed by atoms with Crippen LogP contribution in [0.5, 0.6) is 0 Å². The maximum absolute atomic E-state index is 12.8. The summed E-state index contributed by atoms with van der Waals surface area (Å²) < 4.78 is 22.1. The smallest absolute Gasteiger partial charge is 0.393 e. The van der Waals surface area contributed by atoms with Crippen molar-refractivity contribution in [3.05, 3.63) is 24.3 Å². The van der Waals surface area contributed by atoms with Gasteiger partial charge < -0.3 is 26.2 Å². The van der Waals surface area contributed by atoms with Gasteiger partial charge in [-0.05, 0) is 44.9 Å². The van der Waals surface area contributed by atoms with Crippen LogP contribution in [0.15, 0.2) is 24.3 Å². The van der Waals surface area contributed by atoms with E-state index in [0.29, 0.717) is 6.42 Å². The monoisotopic (exact) mass is 829 g/mol. The Morgan fingerprint density at radius 3 is 1.40 bits per heavy atom. The van der Waals surface area contributed by atoms with Gasteiger partial charge in [0.2, 0.25) is 5.91 Å². The molecule has 57 heavy (non-hydrogen) atoms. The topological polar surface area (TPSA) is 151 Å². The Balaban J connectivity index is 4.25. The fourth-order valence-electron chi connectivity index (χ4n) is 7.17. The van der Waals surface area contributed by atoms with Crippen LogP contribution in [0.3, 0.4) is 0 Å². The van der Waals surface area contributed by atoms with E-state index in [4.69, 9.17) is 14.8 Å². The van der Waals surface area contributed by atoms with Crippen LogP contribution in [-0.2, 0) is 18.4 Å². The van der Waals surface area contributed by atoms with E-state index >= 15 is 0 Å². The van der Waals surface area contributed by atoms with Crippen LogP contribution in [0.2, 0.25) is 0 Å². The molecule has 338 valence electrons. The highest BCUT2D eigenvalue weighted by Crippen LogP contribution is 2.43. The number of amides is 1. The van der Waals surface area contributed by atoms with Crippen molar-refractivity contribution in [2.45, 2.75) is 250 Å². The van der Waals surface area contributed by atoms with E-state index in [1.54, 1.807) is 6.08 Å². The van der Waals surface area contributed by atoms with Crippen molar-refractivity contribution >= 4 is 13.7 Å². The minimum absolute atomic E-state index is 0.0484. The maximum Gasteiger partial charge on any atom is 0.472 e. The first-order valence-corrected chi connectivity index (χ1v) is 25.5. The van der Waals surface area contributed by atoms with Gasteiger partial charge in [0, 0.05) is 6.54 Å². The van der Waals surface area contributed by atoms with Crippen molar-refractivity contribution in [3.63, 3.8) is 0 Å². The summed E-state index contributed by atoms with van der Waals surface area (Å²) in [6.45, 7) is 3.98. The second kappa shape index (κ2) is 43.0.